The molecule has 0 atom stereocenters. The summed E-state index contributed by atoms with van der Waals surface area (Å²) in [4.78, 5) is 12.5. The van der Waals surface area contributed by atoms with Crippen molar-refractivity contribution in [1.82, 2.24) is 10.6 Å². The summed E-state index contributed by atoms with van der Waals surface area (Å²) in [6, 6.07) is 7.56. The van der Waals surface area contributed by atoms with Crippen molar-refractivity contribution >= 4 is 23.2 Å². The summed E-state index contributed by atoms with van der Waals surface area (Å²) in [6.45, 7) is 9.35. The molecule has 1 aliphatic rings. The third-order valence-electron chi connectivity index (χ3n) is 4.95. The van der Waals surface area contributed by atoms with E-state index in [0.717, 1.165) is 18.8 Å². The number of rotatable bonds is 4. The fourth-order valence-corrected chi connectivity index (χ4v) is 3.69. The van der Waals surface area contributed by atoms with Gasteiger partial charge in [0.2, 0.25) is 0 Å². The lowest BCUT2D eigenvalue weighted by Crippen LogP contribution is -2.46. The lowest BCUT2D eigenvalue weighted by molar-refractivity contribution is 0.0972. The number of carbonyl (C=O) groups excluding carboxylic acids is 1. The van der Waals surface area contributed by atoms with Gasteiger partial charge in [0.1, 0.15) is 5.75 Å². The number of carbonyl (C=O) groups is 1. The molecule has 2 N–H and O–H groups in total. The minimum Gasteiger partial charge on any atom is -0.493 e. The first-order valence-electron chi connectivity index (χ1n) is 9.15. The van der Waals surface area contributed by atoms with Gasteiger partial charge in [-0.1, -0.05) is 32.9 Å². The summed E-state index contributed by atoms with van der Waals surface area (Å²) in [5.74, 6) is 1.10. The molecule has 1 aliphatic carbocycles. The number of amides is 1. The monoisotopic (exact) mass is 362 g/mol. The molecule has 0 unspecified atom stereocenters. The molecule has 0 saturated heterocycles. The highest BCUT2D eigenvalue weighted by molar-refractivity contribution is 7.80. The molecule has 25 heavy (non-hydrogen) atoms. The Kier molecular flexibility index (Phi) is 6.82. The Labute approximate surface area is 156 Å². The fourth-order valence-electron chi connectivity index (χ4n) is 3.43. The Bertz CT molecular complexity index is 602. The van der Waals surface area contributed by atoms with Crippen LogP contribution in [0.3, 0.4) is 0 Å². The highest BCUT2D eigenvalue weighted by Gasteiger charge is 2.30. The molecule has 2 rings (SSSR count). The van der Waals surface area contributed by atoms with Gasteiger partial charge in [-0.3, -0.25) is 10.1 Å². The summed E-state index contributed by atoms with van der Waals surface area (Å²) in [5.41, 5.74) is 0.868. The van der Waals surface area contributed by atoms with E-state index in [1.807, 2.05) is 19.1 Å². The lowest BCUT2D eigenvalue weighted by atomic mass is 9.71. The molecule has 4 nitrogen and oxygen atoms in total. The Hall–Kier alpha value is -1.62. The van der Waals surface area contributed by atoms with E-state index in [-0.39, 0.29) is 5.91 Å². The number of benzene rings is 1. The molecule has 1 fully saturated rings. The molecule has 0 radical (unpaired) electrons. The van der Waals surface area contributed by atoms with Crippen molar-refractivity contribution in [3.63, 3.8) is 0 Å². The fraction of sp³-hybridized carbons (Fsp3) is 0.600. The van der Waals surface area contributed by atoms with Crippen molar-refractivity contribution in [2.24, 2.45) is 11.3 Å². The van der Waals surface area contributed by atoms with Crippen molar-refractivity contribution in [3.05, 3.63) is 29.8 Å². The van der Waals surface area contributed by atoms with Gasteiger partial charge in [0, 0.05) is 6.04 Å². The third kappa shape index (κ3) is 5.70. The maximum absolute atomic E-state index is 12.5. The molecule has 0 heterocycles. The van der Waals surface area contributed by atoms with E-state index < -0.39 is 0 Å². The summed E-state index contributed by atoms with van der Waals surface area (Å²) in [6.07, 6.45) is 4.58. The molecule has 5 heteroatoms. The van der Waals surface area contributed by atoms with Gasteiger partial charge in [0.15, 0.2) is 5.11 Å². The number of hydrogen-bond acceptors (Lipinski definition) is 3. The second-order valence-corrected chi connectivity index (χ2v) is 8.18. The summed E-state index contributed by atoms with van der Waals surface area (Å²) < 4.78 is 5.51. The van der Waals surface area contributed by atoms with Crippen LogP contribution in [0.15, 0.2) is 24.3 Å². The quantitative estimate of drug-likeness (QED) is 0.784. The van der Waals surface area contributed by atoms with E-state index in [2.05, 4.69) is 31.4 Å². The van der Waals surface area contributed by atoms with Gasteiger partial charge in [-0.05, 0) is 68.3 Å². The van der Waals surface area contributed by atoms with E-state index in [1.165, 1.54) is 12.8 Å². The highest BCUT2D eigenvalue weighted by atomic mass is 32.1. The first kappa shape index (κ1) is 19.7. The normalized spacial score (nSPS) is 20.6. The van der Waals surface area contributed by atoms with E-state index in [0.29, 0.717) is 34.5 Å². The van der Waals surface area contributed by atoms with Gasteiger partial charge in [0.25, 0.3) is 5.91 Å². The van der Waals surface area contributed by atoms with Crippen molar-refractivity contribution in [2.45, 2.75) is 59.4 Å². The second-order valence-electron chi connectivity index (χ2n) is 7.77. The number of ether oxygens (including phenoxy) is 1. The van der Waals surface area contributed by atoms with Crippen molar-refractivity contribution in [2.75, 3.05) is 6.61 Å². The number of thiocarbonyl (C=S) groups is 1. The van der Waals surface area contributed by atoms with Gasteiger partial charge in [-0.25, -0.2) is 0 Å². The smallest absolute Gasteiger partial charge is 0.261 e. The lowest BCUT2D eigenvalue weighted by Gasteiger charge is -2.37. The first-order valence-corrected chi connectivity index (χ1v) is 9.55. The van der Waals surface area contributed by atoms with Crippen LogP contribution in [-0.2, 0) is 0 Å². The van der Waals surface area contributed by atoms with Crippen LogP contribution in [0.1, 0.15) is 63.7 Å². The van der Waals surface area contributed by atoms with Crippen molar-refractivity contribution < 1.29 is 9.53 Å². The van der Waals surface area contributed by atoms with Crippen LogP contribution in [0, 0.1) is 11.3 Å². The van der Waals surface area contributed by atoms with E-state index in [9.17, 15) is 4.79 Å². The Balaban J connectivity index is 1.86. The molecule has 0 aromatic heterocycles. The Morgan fingerprint density at radius 1 is 1.20 bits per heavy atom. The molecule has 1 aromatic rings. The van der Waals surface area contributed by atoms with Crippen LogP contribution in [0.5, 0.6) is 5.75 Å². The molecule has 0 aliphatic heterocycles. The zero-order chi connectivity index (χ0) is 18.4. The summed E-state index contributed by atoms with van der Waals surface area (Å²) >= 11 is 5.34. The zero-order valence-electron chi connectivity index (χ0n) is 15.7. The van der Waals surface area contributed by atoms with Gasteiger partial charge in [0.05, 0.1) is 12.2 Å². The summed E-state index contributed by atoms with van der Waals surface area (Å²) in [7, 11) is 0. The van der Waals surface area contributed by atoms with E-state index >= 15 is 0 Å². The van der Waals surface area contributed by atoms with Gasteiger partial charge in [-0.2, -0.15) is 0 Å². The van der Waals surface area contributed by atoms with E-state index in [4.69, 9.17) is 17.0 Å². The molecule has 1 amide bonds. The van der Waals surface area contributed by atoms with Gasteiger partial charge >= 0.3 is 0 Å². The topological polar surface area (TPSA) is 50.4 Å². The highest BCUT2D eigenvalue weighted by Crippen LogP contribution is 2.37. The van der Waals surface area contributed by atoms with Gasteiger partial charge in [-0.15, -0.1) is 0 Å². The predicted octanol–water partition coefficient (Wildman–Crippen LogP) is 4.29. The maximum Gasteiger partial charge on any atom is 0.261 e. The van der Waals surface area contributed by atoms with Crippen molar-refractivity contribution in [3.8, 4) is 5.75 Å². The predicted molar refractivity (Wildman–Crippen MR) is 106 cm³/mol. The molecular formula is C20H30N2O2S. The Morgan fingerprint density at radius 3 is 2.44 bits per heavy atom. The zero-order valence-corrected chi connectivity index (χ0v) is 16.5. The van der Waals surface area contributed by atoms with Crippen LogP contribution in [0.25, 0.3) is 0 Å². The largest absolute Gasteiger partial charge is 0.493 e. The van der Waals surface area contributed by atoms with Crippen LogP contribution in [0.4, 0.5) is 0 Å². The molecule has 138 valence electrons. The van der Waals surface area contributed by atoms with E-state index in [1.54, 1.807) is 12.1 Å². The molecule has 0 spiro atoms. The van der Waals surface area contributed by atoms with Crippen LogP contribution in [-0.4, -0.2) is 23.7 Å². The number of hydrogen-bond donors (Lipinski definition) is 2. The SMILES string of the molecule is CCOc1ccccc1C(=O)NC(=S)NC1CCC(C(C)(C)C)CC1. The minimum atomic E-state index is -0.232. The van der Waals surface area contributed by atoms with Crippen molar-refractivity contribution in [1.29, 1.82) is 0 Å². The number of para-hydroxylation sites is 1. The molecule has 0 bridgehead atoms. The summed E-state index contributed by atoms with van der Waals surface area (Å²) in [5, 5.41) is 6.49. The third-order valence-corrected chi connectivity index (χ3v) is 5.17. The van der Waals surface area contributed by atoms with Gasteiger partial charge < -0.3 is 10.1 Å². The maximum atomic E-state index is 12.5. The second kappa shape index (κ2) is 8.65. The minimum absolute atomic E-state index is 0.232. The average molecular weight is 363 g/mol. The standard InChI is InChI=1S/C20H30N2O2S/c1-5-24-17-9-7-6-8-16(17)18(23)22-19(25)21-15-12-10-14(11-13-15)20(2,3)4/h6-9,14-15H,5,10-13H2,1-4H3,(H2,21,22,23,25). The molecule has 1 aromatic carbocycles. The molecule has 1 saturated carbocycles. The Morgan fingerprint density at radius 2 is 1.84 bits per heavy atom. The van der Waals surface area contributed by atoms with Crippen LogP contribution < -0.4 is 15.4 Å². The van der Waals surface area contributed by atoms with Crippen LogP contribution in [0.2, 0.25) is 0 Å². The first-order chi connectivity index (χ1) is 11.8. The number of nitrogens with one attached hydrogen (secondary N) is 2. The average Bonchev–Trinajstić information content (AvgIpc) is 2.55. The van der Waals surface area contributed by atoms with Crippen LogP contribution >= 0.6 is 12.2 Å². The molecular weight excluding hydrogens is 332 g/mol.